The molecule has 2 rings (SSSR count). The lowest BCUT2D eigenvalue weighted by Crippen LogP contribution is -2.27. The van der Waals surface area contributed by atoms with Crippen LogP contribution < -0.4 is 10.6 Å². The van der Waals surface area contributed by atoms with Gasteiger partial charge in [0.05, 0.1) is 6.54 Å². The molecule has 0 aliphatic rings. The number of rotatable bonds is 5. The van der Waals surface area contributed by atoms with Crippen LogP contribution in [0.2, 0.25) is 5.02 Å². The monoisotopic (exact) mass is 352 g/mol. The number of hydrogen-bond donors (Lipinski definition) is 2. The average Bonchev–Trinajstić information content (AvgIpc) is 2.43. The number of carbonyl (C=O) groups is 1. The molecule has 2 N–H and O–H groups in total. The van der Waals surface area contributed by atoms with Crippen molar-refractivity contribution in [2.75, 3.05) is 11.9 Å². The van der Waals surface area contributed by atoms with Crippen LogP contribution in [0.4, 0.5) is 5.69 Å². The second kappa shape index (κ2) is 7.43. The highest BCUT2D eigenvalue weighted by atomic mass is 79.9. The van der Waals surface area contributed by atoms with E-state index in [1.54, 1.807) is 24.3 Å². The smallest absolute Gasteiger partial charge is 0.238 e. The quantitative estimate of drug-likeness (QED) is 0.857. The maximum absolute atomic E-state index is 11.8. The van der Waals surface area contributed by atoms with E-state index < -0.39 is 0 Å². The Bertz CT molecular complexity index is 587. The molecule has 3 nitrogen and oxygen atoms in total. The molecule has 0 unspecified atom stereocenters. The molecule has 0 bridgehead atoms. The summed E-state index contributed by atoms with van der Waals surface area (Å²) in [5.74, 6) is -0.0839. The first-order valence-electron chi connectivity index (χ1n) is 6.15. The highest BCUT2D eigenvalue weighted by Crippen LogP contribution is 2.15. The minimum Gasteiger partial charge on any atom is -0.325 e. The predicted octanol–water partition coefficient (Wildman–Crippen LogP) is 3.83. The van der Waals surface area contributed by atoms with Crippen molar-refractivity contribution in [1.29, 1.82) is 0 Å². The van der Waals surface area contributed by atoms with Gasteiger partial charge in [0.2, 0.25) is 5.91 Å². The second-order valence-electron chi connectivity index (χ2n) is 4.25. The molecule has 1 amide bonds. The zero-order chi connectivity index (χ0) is 14.4. The number of nitrogens with one attached hydrogen (secondary N) is 2. The Labute approximate surface area is 131 Å². The molecule has 0 heterocycles. The van der Waals surface area contributed by atoms with Crippen LogP contribution in [0.1, 0.15) is 5.56 Å². The van der Waals surface area contributed by atoms with E-state index in [-0.39, 0.29) is 12.5 Å². The summed E-state index contributed by atoms with van der Waals surface area (Å²) in [4.78, 5) is 11.8. The summed E-state index contributed by atoms with van der Waals surface area (Å²) in [5.41, 5.74) is 1.86. The van der Waals surface area contributed by atoms with Crippen molar-refractivity contribution in [1.82, 2.24) is 5.32 Å². The molecule has 104 valence electrons. The third-order valence-corrected chi connectivity index (χ3v) is 3.71. The maximum atomic E-state index is 11.8. The Morgan fingerprint density at radius 1 is 1.10 bits per heavy atom. The Morgan fingerprint density at radius 2 is 1.80 bits per heavy atom. The van der Waals surface area contributed by atoms with Gasteiger partial charge in [0.25, 0.3) is 0 Å². The van der Waals surface area contributed by atoms with Gasteiger partial charge in [0.1, 0.15) is 0 Å². The Hall–Kier alpha value is -1.36. The number of amides is 1. The summed E-state index contributed by atoms with van der Waals surface area (Å²) in [6, 6.07) is 14.9. The molecule has 0 saturated heterocycles. The van der Waals surface area contributed by atoms with Gasteiger partial charge >= 0.3 is 0 Å². The Morgan fingerprint density at radius 3 is 2.50 bits per heavy atom. The zero-order valence-electron chi connectivity index (χ0n) is 10.7. The Kier molecular flexibility index (Phi) is 5.59. The molecular formula is C15H14BrClN2O. The van der Waals surface area contributed by atoms with E-state index in [4.69, 9.17) is 11.6 Å². The van der Waals surface area contributed by atoms with Crippen molar-refractivity contribution in [3.63, 3.8) is 0 Å². The highest BCUT2D eigenvalue weighted by Gasteiger charge is 2.03. The van der Waals surface area contributed by atoms with E-state index in [9.17, 15) is 4.79 Å². The minimum absolute atomic E-state index is 0.0839. The van der Waals surface area contributed by atoms with Gasteiger partial charge in [-0.15, -0.1) is 0 Å². The first-order chi connectivity index (χ1) is 9.65. The van der Waals surface area contributed by atoms with Crippen LogP contribution >= 0.6 is 27.5 Å². The van der Waals surface area contributed by atoms with Gasteiger partial charge < -0.3 is 10.6 Å². The van der Waals surface area contributed by atoms with E-state index in [1.165, 1.54) is 0 Å². The van der Waals surface area contributed by atoms with E-state index in [1.807, 2.05) is 24.3 Å². The highest BCUT2D eigenvalue weighted by molar-refractivity contribution is 9.10. The lowest BCUT2D eigenvalue weighted by Gasteiger charge is -2.08. The molecule has 20 heavy (non-hydrogen) atoms. The van der Waals surface area contributed by atoms with Crippen LogP contribution in [0, 0.1) is 0 Å². The topological polar surface area (TPSA) is 41.1 Å². The molecule has 0 radical (unpaired) electrons. The largest absolute Gasteiger partial charge is 0.325 e. The van der Waals surface area contributed by atoms with E-state index in [2.05, 4.69) is 26.6 Å². The first kappa shape index (κ1) is 15.0. The third-order valence-electron chi connectivity index (χ3n) is 2.69. The van der Waals surface area contributed by atoms with E-state index in [0.29, 0.717) is 11.6 Å². The SMILES string of the molecule is O=C(CNCc1ccccc1Br)Nc1ccc(Cl)cc1. The standard InChI is InChI=1S/C15H14BrClN2O/c16-14-4-2-1-3-11(14)9-18-10-15(20)19-13-7-5-12(17)6-8-13/h1-8,18H,9-10H2,(H,19,20). The maximum Gasteiger partial charge on any atom is 0.238 e. The number of hydrogen-bond acceptors (Lipinski definition) is 2. The fourth-order valence-electron chi connectivity index (χ4n) is 1.69. The summed E-state index contributed by atoms with van der Waals surface area (Å²) in [5, 5.41) is 6.55. The third kappa shape index (κ3) is 4.63. The van der Waals surface area contributed by atoms with Crippen molar-refractivity contribution < 1.29 is 4.79 Å². The fourth-order valence-corrected chi connectivity index (χ4v) is 2.24. The molecule has 0 aliphatic carbocycles. The summed E-state index contributed by atoms with van der Waals surface area (Å²) >= 11 is 9.26. The summed E-state index contributed by atoms with van der Waals surface area (Å²) in [7, 11) is 0. The summed E-state index contributed by atoms with van der Waals surface area (Å²) < 4.78 is 1.03. The summed E-state index contributed by atoms with van der Waals surface area (Å²) in [6.45, 7) is 0.888. The van der Waals surface area contributed by atoms with Gasteiger partial charge in [-0.2, -0.15) is 0 Å². The van der Waals surface area contributed by atoms with Crippen LogP contribution in [0.15, 0.2) is 53.0 Å². The molecule has 2 aromatic rings. The van der Waals surface area contributed by atoms with Crippen LogP contribution in [-0.2, 0) is 11.3 Å². The number of carbonyl (C=O) groups excluding carboxylic acids is 1. The van der Waals surface area contributed by atoms with Crippen LogP contribution in [0.5, 0.6) is 0 Å². The molecule has 2 aromatic carbocycles. The van der Waals surface area contributed by atoms with Crippen LogP contribution in [0.25, 0.3) is 0 Å². The fraction of sp³-hybridized carbons (Fsp3) is 0.133. The molecule has 5 heteroatoms. The van der Waals surface area contributed by atoms with Gasteiger partial charge in [-0.1, -0.05) is 45.7 Å². The van der Waals surface area contributed by atoms with Gasteiger partial charge in [-0.3, -0.25) is 4.79 Å². The van der Waals surface area contributed by atoms with Crippen molar-refractivity contribution in [3.8, 4) is 0 Å². The van der Waals surface area contributed by atoms with Gasteiger partial charge in [-0.05, 0) is 35.9 Å². The second-order valence-corrected chi connectivity index (χ2v) is 5.54. The molecule has 0 spiro atoms. The molecule has 0 saturated carbocycles. The van der Waals surface area contributed by atoms with Crippen molar-refractivity contribution in [2.45, 2.75) is 6.54 Å². The van der Waals surface area contributed by atoms with E-state index in [0.717, 1.165) is 15.7 Å². The molecule has 0 aromatic heterocycles. The minimum atomic E-state index is -0.0839. The van der Waals surface area contributed by atoms with Gasteiger partial charge in [-0.25, -0.2) is 0 Å². The molecule has 0 atom stereocenters. The molecule has 0 aliphatic heterocycles. The normalized spacial score (nSPS) is 10.3. The van der Waals surface area contributed by atoms with Crippen LogP contribution in [0.3, 0.4) is 0 Å². The Balaban J connectivity index is 1.78. The van der Waals surface area contributed by atoms with Crippen molar-refractivity contribution in [2.24, 2.45) is 0 Å². The van der Waals surface area contributed by atoms with Crippen LogP contribution in [-0.4, -0.2) is 12.5 Å². The lowest BCUT2D eigenvalue weighted by molar-refractivity contribution is -0.115. The summed E-state index contributed by atoms with van der Waals surface area (Å²) in [6.07, 6.45) is 0. The van der Waals surface area contributed by atoms with Crippen molar-refractivity contribution >= 4 is 39.1 Å². The number of halogens is 2. The number of anilines is 1. The average molecular weight is 354 g/mol. The molecule has 0 fully saturated rings. The predicted molar refractivity (Wildman–Crippen MR) is 85.9 cm³/mol. The van der Waals surface area contributed by atoms with Gasteiger partial charge in [0.15, 0.2) is 0 Å². The van der Waals surface area contributed by atoms with Gasteiger partial charge in [0, 0.05) is 21.7 Å². The van der Waals surface area contributed by atoms with Crippen molar-refractivity contribution in [3.05, 3.63) is 63.6 Å². The molecular weight excluding hydrogens is 340 g/mol. The lowest BCUT2D eigenvalue weighted by atomic mass is 10.2. The van der Waals surface area contributed by atoms with E-state index >= 15 is 0 Å². The zero-order valence-corrected chi connectivity index (χ0v) is 13.0. The number of benzene rings is 2. The first-order valence-corrected chi connectivity index (χ1v) is 7.32.